The zero-order chi connectivity index (χ0) is 17.6. The number of pyridine rings is 1. The maximum absolute atomic E-state index is 12.6. The highest BCUT2D eigenvalue weighted by atomic mass is 16.2. The molecule has 2 aromatic rings. The number of para-hydroxylation sites is 1. The molecule has 130 valence electrons. The monoisotopic (exact) mass is 338 g/mol. The van der Waals surface area contributed by atoms with Crippen LogP contribution in [0.3, 0.4) is 0 Å². The summed E-state index contributed by atoms with van der Waals surface area (Å²) in [6, 6.07) is 9.45. The van der Waals surface area contributed by atoms with E-state index >= 15 is 0 Å². The summed E-state index contributed by atoms with van der Waals surface area (Å²) < 4.78 is 0. The van der Waals surface area contributed by atoms with Crippen molar-refractivity contribution in [3.05, 3.63) is 42.1 Å². The molecule has 2 aliphatic heterocycles. The third kappa shape index (κ3) is 2.66. The van der Waals surface area contributed by atoms with Gasteiger partial charge in [-0.15, -0.1) is 0 Å². The number of hydrogen-bond donors (Lipinski definition) is 0. The molecule has 3 heterocycles. The van der Waals surface area contributed by atoms with Crippen LogP contribution in [-0.2, 0) is 16.1 Å². The van der Waals surface area contributed by atoms with Crippen LogP contribution in [-0.4, -0.2) is 70.3 Å². The maximum atomic E-state index is 12.6. The average molecular weight is 338 g/mol. The van der Waals surface area contributed by atoms with Crippen LogP contribution in [0, 0.1) is 0 Å². The zero-order valence-electron chi connectivity index (χ0n) is 14.6. The van der Waals surface area contributed by atoms with E-state index in [2.05, 4.69) is 28.1 Å². The predicted octanol–water partition coefficient (Wildman–Crippen LogP) is 1.11. The van der Waals surface area contributed by atoms with E-state index in [4.69, 9.17) is 0 Å². The average Bonchev–Trinajstić information content (AvgIpc) is 2.65. The second-order valence-corrected chi connectivity index (χ2v) is 6.90. The Hall–Kier alpha value is -2.47. The number of amides is 2. The fourth-order valence-corrected chi connectivity index (χ4v) is 3.83. The van der Waals surface area contributed by atoms with Crippen molar-refractivity contribution in [2.75, 3.05) is 26.7 Å². The lowest BCUT2D eigenvalue weighted by atomic mass is 10.0. The molecule has 2 aliphatic rings. The zero-order valence-corrected chi connectivity index (χ0v) is 14.6. The van der Waals surface area contributed by atoms with Crippen molar-refractivity contribution in [1.82, 2.24) is 19.7 Å². The van der Waals surface area contributed by atoms with Crippen molar-refractivity contribution in [2.24, 2.45) is 0 Å². The summed E-state index contributed by atoms with van der Waals surface area (Å²) >= 11 is 0. The molecular weight excluding hydrogens is 316 g/mol. The van der Waals surface area contributed by atoms with E-state index < -0.39 is 0 Å². The fraction of sp³-hybridized carbons (Fsp3) is 0.421. The summed E-state index contributed by atoms with van der Waals surface area (Å²) in [6.45, 7) is 4.48. The van der Waals surface area contributed by atoms with Gasteiger partial charge in [0.15, 0.2) is 0 Å². The Morgan fingerprint density at radius 3 is 2.76 bits per heavy atom. The van der Waals surface area contributed by atoms with Crippen LogP contribution in [0.5, 0.6) is 0 Å². The van der Waals surface area contributed by atoms with E-state index in [-0.39, 0.29) is 23.9 Å². The minimum absolute atomic E-state index is 0.0350. The molecule has 6 heteroatoms. The number of benzene rings is 1. The normalized spacial score (nSPS) is 24.7. The van der Waals surface area contributed by atoms with Gasteiger partial charge in [-0.2, -0.15) is 0 Å². The van der Waals surface area contributed by atoms with Gasteiger partial charge < -0.3 is 9.80 Å². The van der Waals surface area contributed by atoms with Gasteiger partial charge in [0, 0.05) is 44.8 Å². The molecule has 0 radical (unpaired) electrons. The number of aromatic nitrogens is 1. The second-order valence-electron chi connectivity index (χ2n) is 6.90. The molecule has 1 aromatic carbocycles. The molecule has 0 saturated carbocycles. The number of fused-ring (bicyclic) bond motifs is 2. The molecule has 0 aliphatic carbocycles. The summed E-state index contributed by atoms with van der Waals surface area (Å²) in [5.74, 6) is 0.0893. The number of rotatable bonds is 2. The van der Waals surface area contributed by atoms with Gasteiger partial charge in [0.05, 0.1) is 5.52 Å². The van der Waals surface area contributed by atoms with Gasteiger partial charge in [0.1, 0.15) is 12.1 Å². The second kappa shape index (κ2) is 6.11. The number of hydrogen-bond acceptors (Lipinski definition) is 4. The van der Waals surface area contributed by atoms with Gasteiger partial charge in [0.25, 0.3) is 0 Å². The first-order valence-electron chi connectivity index (χ1n) is 8.68. The molecule has 2 amide bonds. The molecule has 2 saturated heterocycles. The lowest BCUT2D eigenvalue weighted by Gasteiger charge is -2.47. The molecule has 0 N–H and O–H groups in total. The summed E-state index contributed by atoms with van der Waals surface area (Å²) in [4.78, 5) is 35.2. The third-order valence-corrected chi connectivity index (χ3v) is 5.43. The molecule has 0 spiro atoms. The van der Waals surface area contributed by atoms with Gasteiger partial charge in [-0.1, -0.05) is 24.3 Å². The fourth-order valence-electron chi connectivity index (χ4n) is 3.83. The standard InChI is InChI=1S/C19H22N4O2/c1-13-18(24)23-10-9-22(12-16(23)19(25)21(13)2)11-15-6-3-5-14-7-4-8-20-17(14)15/h3-8,13,16H,9-12H2,1-2H3/t13-,16+/m0/s1. The number of carbonyl (C=O) groups excluding carboxylic acids is 2. The molecule has 1 aromatic heterocycles. The van der Waals surface area contributed by atoms with Gasteiger partial charge in [-0.3, -0.25) is 19.5 Å². The van der Waals surface area contributed by atoms with Crippen molar-refractivity contribution in [3.63, 3.8) is 0 Å². The maximum Gasteiger partial charge on any atom is 0.247 e. The van der Waals surface area contributed by atoms with E-state index in [1.165, 1.54) is 0 Å². The van der Waals surface area contributed by atoms with Gasteiger partial charge in [-0.25, -0.2) is 0 Å². The molecule has 6 nitrogen and oxygen atoms in total. The highest BCUT2D eigenvalue weighted by Gasteiger charge is 2.44. The first-order chi connectivity index (χ1) is 12.1. The number of nitrogens with zero attached hydrogens (tertiary/aromatic N) is 4. The minimum atomic E-state index is -0.370. The number of piperazine rings is 2. The summed E-state index contributed by atoms with van der Waals surface area (Å²) in [7, 11) is 1.72. The third-order valence-electron chi connectivity index (χ3n) is 5.43. The summed E-state index contributed by atoms with van der Waals surface area (Å²) in [5.41, 5.74) is 2.16. The van der Waals surface area contributed by atoms with Gasteiger partial charge in [-0.05, 0) is 18.6 Å². The minimum Gasteiger partial charge on any atom is -0.332 e. The van der Waals surface area contributed by atoms with Crippen LogP contribution in [0.4, 0.5) is 0 Å². The van der Waals surface area contributed by atoms with Crippen molar-refractivity contribution in [1.29, 1.82) is 0 Å². The van der Waals surface area contributed by atoms with Crippen molar-refractivity contribution in [2.45, 2.75) is 25.6 Å². The Bertz CT molecular complexity index is 832. The van der Waals surface area contributed by atoms with E-state index in [0.29, 0.717) is 13.1 Å². The number of likely N-dealkylation sites (N-methyl/N-ethyl adjacent to an activating group) is 1. The molecule has 2 fully saturated rings. The largest absolute Gasteiger partial charge is 0.332 e. The van der Waals surface area contributed by atoms with Crippen molar-refractivity contribution < 1.29 is 9.59 Å². The van der Waals surface area contributed by atoms with Crippen LogP contribution in [0.1, 0.15) is 12.5 Å². The highest BCUT2D eigenvalue weighted by Crippen LogP contribution is 2.23. The number of carbonyl (C=O) groups is 2. The quantitative estimate of drug-likeness (QED) is 0.823. The molecule has 0 unspecified atom stereocenters. The van der Waals surface area contributed by atoms with E-state index in [9.17, 15) is 9.59 Å². The molecular formula is C19H22N4O2. The molecule has 25 heavy (non-hydrogen) atoms. The van der Waals surface area contributed by atoms with Crippen LogP contribution in [0.25, 0.3) is 10.9 Å². The first-order valence-corrected chi connectivity index (χ1v) is 8.68. The van der Waals surface area contributed by atoms with Crippen molar-refractivity contribution in [3.8, 4) is 0 Å². The van der Waals surface area contributed by atoms with Crippen LogP contribution in [0.15, 0.2) is 36.5 Å². The van der Waals surface area contributed by atoms with E-state index in [0.717, 1.165) is 29.6 Å². The Kier molecular flexibility index (Phi) is 3.92. The van der Waals surface area contributed by atoms with Crippen LogP contribution in [0.2, 0.25) is 0 Å². The van der Waals surface area contributed by atoms with Gasteiger partial charge >= 0.3 is 0 Å². The summed E-state index contributed by atoms with van der Waals surface area (Å²) in [6.07, 6.45) is 1.81. The van der Waals surface area contributed by atoms with Crippen molar-refractivity contribution >= 4 is 22.7 Å². The Labute approximate surface area is 147 Å². The topological polar surface area (TPSA) is 56.8 Å². The van der Waals surface area contributed by atoms with E-state index in [1.807, 2.05) is 18.3 Å². The van der Waals surface area contributed by atoms with Crippen LogP contribution < -0.4 is 0 Å². The molecule has 2 atom stereocenters. The Balaban J connectivity index is 1.56. The predicted molar refractivity (Wildman–Crippen MR) is 94.8 cm³/mol. The lowest BCUT2D eigenvalue weighted by Crippen LogP contribution is -2.68. The lowest BCUT2D eigenvalue weighted by molar-refractivity contribution is -0.163. The highest BCUT2D eigenvalue weighted by molar-refractivity contribution is 5.97. The van der Waals surface area contributed by atoms with Gasteiger partial charge in [0.2, 0.25) is 11.8 Å². The molecule has 4 rings (SSSR count). The Morgan fingerprint density at radius 1 is 1.12 bits per heavy atom. The SMILES string of the molecule is C[C@H]1C(=O)N2CCN(Cc3cccc4cccnc34)C[C@@H]2C(=O)N1C. The van der Waals surface area contributed by atoms with Crippen LogP contribution >= 0.6 is 0 Å². The molecule has 0 bridgehead atoms. The smallest absolute Gasteiger partial charge is 0.247 e. The first kappa shape index (κ1) is 16.0. The summed E-state index contributed by atoms with van der Waals surface area (Å²) in [5, 5.41) is 1.12. The van der Waals surface area contributed by atoms with E-state index in [1.54, 1.807) is 23.8 Å². The Morgan fingerprint density at radius 2 is 1.92 bits per heavy atom.